The number of nitrogens with zero attached hydrogens (tertiary/aromatic N) is 1. The van der Waals surface area contributed by atoms with Crippen molar-refractivity contribution < 1.29 is 24.2 Å². The quantitative estimate of drug-likeness (QED) is 0.281. The van der Waals surface area contributed by atoms with Gasteiger partial charge in [0, 0.05) is 16.3 Å². The number of aryl methyl sites for hydroxylation is 1. The van der Waals surface area contributed by atoms with Crippen molar-refractivity contribution >= 4 is 34.7 Å². The number of methoxy groups -OCH3 is 1. The third kappa shape index (κ3) is 4.24. The van der Waals surface area contributed by atoms with Crippen LogP contribution in [0.1, 0.15) is 29.7 Å². The van der Waals surface area contributed by atoms with E-state index in [1.54, 1.807) is 66.7 Å². The van der Waals surface area contributed by atoms with Crippen molar-refractivity contribution in [3.63, 3.8) is 0 Å². The predicted octanol–water partition coefficient (Wildman–Crippen LogP) is 5.68. The van der Waals surface area contributed by atoms with Crippen molar-refractivity contribution in [3.8, 4) is 11.5 Å². The second-order valence-electron chi connectivity index (χ2n) is 7.84. The van der Waals surface area contributed by atoms with Crippen LogP contribution in [0.2, 0.25) is 5.02 Å². The van der Waals surface area contributed by atoms with Crippen molar-refractivity contribution in [2.45, 2.75) is 19.9 Å². The number of hydrogen-bond acceptors (Lipinski definition) is 5. The van der Waals surface area contributed by atoms with E-state index in [0.717, 1.165) is 5.56 Å². The molecule has 1 unspecified atom stereocenters. The monoisotopic (exact) mass is 477 g/mol. The third-order valence-corrected chi connectivity index (χ3v) is 6.11. The summed E-state index contributed by atoms with van der Waals surface area (Å²) in [5, 5.41) is 11.8. The summed E-state index contributed by atoms with van der Waals surface area (Å²) in [5.74, 6) is -0.722. The molecule has 4 rings (SSSR count). The zero-order valence-corrected chi connectivity index (χ0v) is 19.8. The second-order valence-corrected chi connectivity index (χ2v) is 8.25. The Bertz CT molecular complexity index is 1300. The predicted molar refractivity (Wildman–Crippen MR) is 132 cm³/mol. The zero-order valence-electron chi connectivity index (χ0n) is 19.0. The van der Waals surface area contributed by atoms with Crippen LogP contribution in [0.4, 0.5) is 5.69 Å². The van der Waals surface area contributed by atoms with E-state index in [0.29, 0.717) is 39.9 Å². The standard InChI is InChI=1S/C27H24ClNO5/c1-4-34-21-10-6-8-18(14-21)25(30)23-24(17-7-5-9-20(13-17)33-3)29(27(32)26(23)31)19-12-11-16(2)22(28)15-19/h5-15,24,30H,4H2,1-3H3/b25-23+. The first-order valence-electron chi connectivity index (χ1n) is 10.8. The summed E-state index contributed by atoms with van der Waals surface area (Å²) >= 11 is 6.34. The fourth-order valence-corrected chi connectivity index (χ4v) is 4.19. The van der Waals surface area contributed by atoms with Gasteiger partial charge < -0.3 is 14.6 Å². The topological polar surface area (TPSA) is 76.1 Å². The minimum atomic E-state index is -0.885. The van der Waals surface area contributed by atoms with E-state index in [4.69, 9.17) is 21.1 Å². The van der Waals surface area contributed by atoms with E-state index >= 15 is 0 Å². The maximum atomic E-state index is 13.3. The highest BCUT2D eigenvalue weighted by Crippen LogP contribution is 2.43. The number of halogens is 1. The van der Waals surface area contributed by atoms with E-state index in [1.807, 2.05) is 13.8 Å². The van der Waals surface area contributed by atoms with Gasteiger partial charge in [-0.15, -0.1) is 0 Å². The Hall–Kier alpha value is -3.77. The molecule has 34 heavy (non-hydrogen) atoms. The van der Waals surface area contributed by atoms with Gasteiger partial charge in [0.2, 0.25) is 0 Å². The van der Waals surface area contributed by atoms with Crippen molar-refractivity contribution in [2.24, 2.45) is 0 Å². The Morgan fingerprint density at radius 1 is 1.03 bits per heavy atom. The molecule has 0 aromatic heterocycles. The van der Waals surface area contributed by atoms with Crippen LogP contribution in [-0.2, 0) is 9.59 Å². The number of amides is 1. The number of carbonyl (C=O) groups excluding carboxylic acids is 2. The number of aliphatic hydroxyl groups excluding tert-OH is 1. The Balaban J connectivity index is 1.94. The Morgan fingerprint density at radius 2 is 1.76 bits per heavy atom. The molecule has 1 atom stereocenters. The molecule has 6 nitrogen and oxygen atoms in total. The van der Waals surface area contributed by atoms with Crippen LogP contribution in [0, 0.1) is 6.92 Å². The van der Waals surface area contributed by atoms with Gasteiger partial charge in [0.25, 0.3) is 11.7 Å². The zero-order chi connectivity index (χ0) is 24.4. The molecule has 7 heteroatoms. The van der Waals surface area contributed by atoms with E-state index in [2.05, 4.69) is 0 Å². The van der Waals surface area contributed by atoms with Crippen molar-refractivity contribution in [2.75, 3.05) is 18.6 Å². The SMILES string of the molecule is CCOc1cccc(/C(O)=C2\C(=O)C(=O)N(c3ccc(C)c(Cl)c3)C2c2cccc(OC)c2)c1. The molecule has 1 N–H and O–H groups in total. The van der Waals surface area contributed by atoms with E-state index < -0.39 is 17.7 Å². The van der Waals surface area contributed by atoms with Gasteiger partial charge >= 0.3 is 0 Å². The van der Waals surface area contributed by atoms with Gasteiger partial charge in [-0.2, -0.15) is 0 Å². The number of rotatable bonds is 6. The number of anilines is 1. The normalized spacial score (nSPS) is 17.2. The van der Waals surface area contributed by atoms with E-state index in [1.165, 1.54) is 12.0 Å². The van der Waals surface area contributed by atoms with Gasteiger partial charge in [0.15, 0.2) is 0 Å². The summed E-state index contributed by atoms with van der Waals surface area (Å²) in [4.78, 5) is 27.9. The van der Waals surface area contributed by atoms with Crippen LogP contribution in [0.15, 0.2) is 72.3 Å². The van der Waals surface area contributed by atoms with Crippen LogP contribution < -0.4 is 14.4 Å². The summed E-state index contributed by atoms with van der Waals surface area (Å²) in [6.07, 6.45) is 0. The number of ketones is 1. The van der Waals surface area contributed by atoms with Crippen molar-refractivity contribution in [1.82, 2.24) is 0 Å². The van der Waals surface area contributed by atoms with Gasteiger partial charge in [0.1, 0.15) is 17.3 Å². The maximum Gasteiger partial charge on any atom is 0.300 e. The molecule has 1 saturated heterocycles. The summed E-state index contributed by atoms with van der Waals surface area (Å²) in [6, 6.07) is 18.1. The van der Waals surface area contributed by atoms with Crippen LogP contribution >= 0.6 is 11.6 Å². The van der Waals surface area contributed by atoms with Gasteiger partial charge in [-0.1, -0.05) is 41.9 Å². The molecule has 1 aliphatic heterocycles. The van der Waals surface area contributed by atoms with Gasteiger partial charge in [-0.25, -0.2) is 0 Å². The first-order chi connectivity index (χ1) is 16.3. The Labute approximate surface area is 203 Å². The molecule has 1 heterocycles. The smallest absolute Gasteiger partial charge is 0.300 e. The molecule has 0 aliphatic carbocycles. The molecule has 3 aromatic carbocycles. The van der Waals surface area contributed by atoms with Gasteiger partial charge in [0.05, 0.1) is 25.3 Å². The van der Waals surface area contributed by atoms with Gasteiger partial charge in [-0.05, 0) is 61.4 Å². The average Bonchev–Trinajstić information content (AvgIpc) is 3.11. The molecule has 3 aromatic rings. The summed E-state index contributed by atoms with van der Waals surface area (Å²) in [7, 11) is 1.54. The Kier molecular flexibility index (Phi) is 6.61. The number of benzene rings is 3. The molecule has 1 fully saturated rings. The first kappa shape index (κ1) is 23.4. The van der Waals surface area contributed by atoms with E-state index in [9.17, 15) is 14.7 Å². The molecule has 174 valence electrons. The van der Waals surface area contributed by atoms with E-state index in [-0.39, 0.29) is 11.3 Å². The molecular formula is C27H24ClNO5. The number of ether oxygens (including phenoxy) is 2. The maximum absolute atomic E-state index is 13.3. The number of carbonyl (C=O) groups is 2. The lowest BCUT2D eigenvalue weighted by Crippen LogP contribution is -2.29. The number of Topliss-reactive ketones (excluding diaryl/α,β-unsaturated/α-hetero) is 1. The first-order valence-corrected chi connectivity index (χ1v) is 11.2. The van der Waals surface area contributed by atoms with Crippen LogP contribution in [-0.4, -0.2) is 30.5 Å². The number of aliphatic hydroxyl groups is 1. The van der Waals surface area contributed by atoms with Crippen molar-refractivity contribution in [3.05, 3.63) is 94.0 Å². The highest BCUT2D eigenvalue weighted by atomic mass is 35.5. The molecule has 0 saturated carbocycles. The highest BCUT2D eigenvalue weighted by molar-refractivity contribution is 6.51. The number of hydrogen-bond donors (Lipinski definition) is 1. The fourth-order valence-electron chi connectivity index (χ4n) is 4.01. The summed E-state index contributed by atoms with van der Waals surface area (Å²) in [5.41, 5.74) is 2.25. The van der Waals surface area contributed by atoms with Crippen molar-refractivity contribution in [1.29, 1.82) is 0 Å². The fraction of sp³-hybridized carbons (Fsp3) is 0.185. The second kappa shape index (κ2) is 9.61. The summed E-state index contributed by atoms with van der Waals surface area (Å²) in [6.45, 7) is 4.16. The minimum Gasteiger partial charge on any atom is -0.507 e. The van der Waals surface area contributed by atoms with Crippen LogP contribution in [0.25, 0.3) is 5.76 Å². The molecule has 1 aliphatic rings. The summed E-state index contributed by atoms with van der Waals surface area (Å²) < 4.78 is 10.9. The molecule has 0 spiro atoms. The average molecular weight is 478 g/mol. The molecule has 1 amide bonds. The van der Waals surface area contributed by atoms with Gasteiger partial charge in [-0.3, -0.25) is 14.5 Å². The van der Waals surface area contributed by atoms with Crippen LogP contribution in [0.3, 0.4) is 0 Å². The van der Waals surface area contributed by atoms with Crippen LogP contribution in [0.5, 0.6) is 11.5 Å². The lowest BCUT2D eigenvalue weighted by atomic mass is 9.95. The lowest BCUT2D eigenvalue weighted by molar-refractivity contribution is -0.132. The highest BCUT2D eigenvalue weighted by Gasteiger charge is 2.47. The lowest BCUT2D eigenvalue weighted by Gasteiger charge is -2.26. The molecule has 0 radical (unpaired) electrons. The molecule has 0 bridgehead atoms. The largest absolute Gasteiger partial charge is 0.507 e. The molecular weight excluding hydrogens is 454 g/mol. The Morgan fingerprint density at radius 3 is 2.47 bits per heavy atom. The minimum absolute atomic E-state index is 0.0244. The third-order valence-electron chi connectivity index (χ3n) is 5.71.